The summed E-state index contributed by atoms with van der Waals surface area (Å²) in [6, 6.07) is 3.18. The van der Waals surface area contributed by atoms with Crippen molar-refractivity contribution in [1.82, 2.24) is 4.90 Å². The predicted molar refractivity (Wildman–Crippen MR) is 81.6 cm³/mol. The number of hydrogen-bond acceptors (Lipinski definition) is 4. The Morgan fingerprint density at radius 1 is 1.50 bits per heavy atom. The number of ether oxygens (including phenoxy) is 2. The fourth-order valence-corrected chi connectivity index (χ4v) is 5.40. The maximum Gasteiger partial charge on any atom is 0.174 e. The molecule has 4 nitrogen and oxygen atoms in total. The molecule has 1 aromatic carbocycles. The highest BCUT2D eigenvalue weighted by atomic mass is 16.5. The molecule has 0 aromatic heterocycles. The first-order valence-electron chi connectivity index (χ1n) is 10.8. The second-order valence-corrected chi connectivity index (χ2v) is 6.89. The smallest absolute Gasteiger partial charge is 0.174 e. The Balaban J connectivity index is 1.69. The van der Waals surface area contributed by atoms with Gasteiger partial charge in [0, 0.05) is 27.6 Å². The van der Waals surface area contributed by atoms with Gasteiger partial charge in [0.15, 0.2) is 23.4 Å². The van der Waals surface area contributed by atoms with Crippen LogP contribution in [-0.4, -0.2) is 43.4 Å². The van der Waals surface area contributed by atoms with Crippen molar-refractivity contribution >= 4 is 5.78 Å². The summed E-state index contributed by atoms with van der Waals surface area (Å²) in [7, 11) is -2.62. The summed E-state index contributed by atoms with van der Waals surface area (Å²) in [4.78, 5) is 14.4. The van der Waals surface area contributed by atoms with E-state index in [1.54, 1.807) is 17.0 Å². The maximum atomic E-state index is 12.8. The van der Waals surface area contributed by atoms with Crippen LogP contribution in [0.4, 0.5) is 0 Å². The van der Waals surface area contributed by atoms with Crippen molar-refractivity contribution in [3.63, 3.8) is 0 Å². The third kappa shape index (κ3) is 1.27. The highest BCUT2D eigenvalue weighted by Gasteiger charge is 2.65. The van der Waals surface area contributed by atoms with Gasteiger partial charge >= 0.3 is 0 Å². The lowest BCUT2D eigenvalue weighted by atomic mass is 9.52. The summed E-state index contributed by atoms with van der Waals surface area (Å²) >= 11 is 0. The fourth-order valence-electron chi connectivity index (χ4n) is 5.40. The SMILES string of the molecule is [2H]C([2H])([2H])Oc1ccc2c3c1O[C@H]1C(=O)CCC4[C@@H](C2)N(C([2H])([2H])[2H])CC[C@@]341. The van der Waals surface area contributed by atoms with Gasteiger partial charge in [0.1, 0.15) is 0 Å². The number of ketones is 1. The Kier molecular flexibility index (Phi) is 1.53. The van der Waals surface area contributed by atoms with Gasteiger partial charge in [0.05, 0.1) is 11.2 Å². The molecule has 1 unspecified atom stereocenters. The first kappa shape index (κ1) is 8.34. The minimum Gasteiger partial charge on any atom is -0.493 e. The van der Waals surface area contributed by atoms with E-state index in [2.05, 4.69) is 0 Å². The normalized spacial score (nSPS) is 43.6. The molecule has 0 amide bonds. The Bertz CT molecular complexity index is 866. The molecule has 1 saturated carbocycles. The van der Waals surface area contributed by atoms with Crippen LogP contribution in [-0.2, 0) is 16.6 Å². The summed E-state index contributed by atoms with van der Waals surface area (Å²) in [5, 5.41) is 0. The molecule has 2 bridgehead atoms. The lowest BCUT2D eigenvalue weighted by Gasteiger charge is -2.57. The molecule has 4 heteroatoms. The first-order valence-corrected chi connectivity index (χ1v) is 7.84. The number of piperidine rings is 1. The summed E-state index contributed by atoms with van der Waals surface area (Å²) < 4.78 is 57.4. The summed E-state index contributed by atoms with van der Waals surface area (Å²) in [5.41, 5.74) is 1.22. The molecule has 4 atom stereocenters. The van der Waals surface area contributed by atoms with Gasteiger partial charge in [-0.2, -0.15) is 0 Å². The van der Waals surface area contributed by atoms with E-state index in [0.717, 1.165) is 11.1 Å². The van der Waals surface area contributed by atoms with E-state index >= 15 is 0 Å². The van der Waals surface area contributed by atoms with Gasteiger partial charge in [-0.15, -0.1) is 0 Å². The molecule has 22 heavy (non-hydrogen) atoms. The van der Waals surface area contributed by atoms with Gasteiger partial charge in [-0.3, -0.25) is 4.79 Å². The van der Waals surface area contributed by atoms with Gasteiger partial charge in [-0.25, -0.2) is 0 Å². The zero-order valence-electron chi connectivity index (χ0n) is 18.1. The third-order valence-corrected chi connectivity index (χ3v) is 6.20. The molecule has 116 valence electrons. The van der Waals surface area contributed by atoms with Crippen LogP contribution in [0.2, 0.25) is 0 Å². The highest BCUT2D eigenvalue weighted by molar-refractivity contribution is 5.89. The number of likely N-dealkylation sites (tertiary alicyclic amines) is 1. The van der Waals surface area contributed by atoms with Gasteiger partial charge in [-0.05, 0) is 50.3 Å². The van der Waals surface area contributed by atoms with E-state index in [0.29, 0.717) is 38.0 Å². The maximum absolute atomic E-state index is 12.8. The van der Waals surface area contributed by atoms with Crippen molar-refractivity contribution in [3.8, 4) is 11.5 Å². The van der Waals surface area contributed by atoms with E-state index in [1.807, 2.05) is 0 Å². The van der Waals surface area contributed by atoms with Crippen LogP contribution in [0.15, 0.2) is 12.1 Å². The van der Waals surface area contributed by atoms with Crippen LogP contribution in [0, 0.1) is 5.92 Å². The molecule has 0 radical (unpaired) electrons. The Morgan fingerprint density at radius 3 is 3.32 bits per heavy atom. The standard InChI is InChI=1S/C18H21NO3/c1-19-8-7-18-11-4-5-13(20)17(18)22-16-14(21-2)6-3-10(15(16)18)9-12(11)19/h3,6,11-12,17H,4-5,7-9H2,1-2H3/t11?,12-,17+,18+/m1/s1/i1D3,2D3. The Morgan fingerprint density at radius 2 is 2.45 bits per heavy atom. The van der Waals surface area contributed by atoms with E-state index in [9.17, 15) is 4.79 Å². The van der Waals surface area contributed by atoms with E-state index in [1.165, 1.54) is 0 Å². The number of Topliss-reactive ketones (excluding diaryl/α,β-unsaturated/α-hetero) is 1. The topological polar surface area (TPSA) is 38.8 Å². The van der Waals surface area contributed by atoms with Crippen LogP contribution in [0.1, 0.15) is 38.6 Å². The predicted octanol–water partition coefficient (Wildman–Crippen LogP) is 1.93. The quantitative estimate of drug-likeness (QED) is 0.795. The van der Waals surface area contributed by atoms with Crippen molar-refractivity contribution in [3.05, 3.63) is 23.3 Å². The summed E-state index contributed by atoms with van der Waals surface area (Å²) in [6.45, 7) is -1.83. The molecule has 2 fully saturated rings. The van der Waals surface area contributed by atoms with Crippen molar-refractivity contribution in [2.45, 2.75) is 43.2 Å². The Labute approximate surface area is 138 Å². The molecule has 1 spiro atoms. The molecule has 1 aromatic rings. The van der Waals surface area contributed by atoms with E-state index in [4.69, 9.17) is 17.7 Å². The number of hydrogen-bond donors (Lipinski definition) is 0. The van der Waals surface area contributed by atoms with Crippen LogP contribution in [0.25, 0.3) is 0 Å². The molecular weight excluding hydrogens is 278 g/mol. The minimum atomic E-state index is -2.62. The first-order chi connectivity index (χ1) is 13.0. The van der Waals surface area contributed by atoms with Crippen LogP contribution >= 0.6 is 0 Å². The van der Waals surface area contributed by atoms with Crippen molar-refractivity contribution in [2.24, 2.45) is 5.92 Å². The number of carbonyl (C=O) groups is 1. The van der Waals surface area contributed by atoms with Crippen LogP contribution < -0.4 is 9.47 Å². The molecule has 2 aliphatic heterocycles. The Hall–Kier alpha value is -1.55. The van der Waals surface area contributed by atoms with Gasteiger partial charge in [0.25, 0.3) is 0 Å². The average Bonchev–Trinajstić information content (AvgIpc) is 2.90. The molecule has 2 heterocycles. The number of methoxy groups -OCH3 is 1. The average molecular weight is 305 g/mol. The lowest BCUT2D eigenvalue weighted by molar-refractivity contribution is -0.138. The largest absolute Gasteiger partial charge is 0.493 e. The molecule has 1 saturated heterocycles. The number of nitrogens with zero attached hydrogens (tertiary/aromatic N) is 1. The summed E-state index contributed by atoms with van der Waals surface area (Å²) in [6.07, 6.45) is 1.33. The molecule has 0 N–H and O–H groups in total. The molecule has 2 aliphatic carbocycles. The minimum absolute atomic E-state index is 0.00113. The highest BCUT2D eigenvalue weighted by Crippen LogP contribution is 2.62. The van der Waals surface area contributed by atoms with Crippen molar-refractivity contribution in [1.29, 1.82) is 0 Å². The monoisotopic (exact) mass is 305 g/mol. The summed E-state index contributed by atoms with van der Waals surface area (Å²) in [5.74, 6) is 0.479. The number of benzene rings is 1. The number of likely N-dealkylation sites (N-methyl/N-ethyl adjacent to an activating group) is 1. The van der Waals surface area contributed by atoms with Gasteiger partial charge in [0.2, 0.25) is 0 Å². The molecule has 5 rings (SSSR count). The zero-order chi connectivity index (χ0) is 20.1. The van der Waals surface area contributed by atoms with E-state index < -0.39 is 25.5 Å². The van der Waals surface area contributed by atoms with Crippen LogP contribution in [0.3, 0.4) is 0 Å². The van der Waals surface area contributed by atoms with Crippen molar-refractivity contribution in [2.75, 3.05) is 20.6 Å². The van der Waals surface area contributed by atoms with Crippen LogP contribution in [0.5, 0.6) is 11.5 Å². The van der Waals surface area contributed by atoms with Crippen molar-refractivity contribution < 1.29 is 22.5 Å². The lowest BCUT2D eigenvalue weighted by Crippen LogP contribution is -2.65. The number of rotatable bonds is 1. The molecular formula is C18H21NO3. The van der Waals surface area contributed by atoms with Gasteiger partial charge < -0.3 is 14.4 Å². The number of carbonyl (C=O) groups excluding carboxylic acids is 1. The third-order valence-electron chi connectivity index (χ3n) is 6.20. The van der Waals surface area contributed by atoms with E-state index in [-0.39, 0.29) is 23.5 Å². The second-order valence-electron chi connectivity index (χ2n) is 6.89. The molecule has 4 aliphatic rings. The van der Waals surface area contributed by atoms with Gasteiger partial charge in [-0.1, -0.05) is 6.07 Å². The zero-order valence-corrected chi connectivity index (χ0v) is 12.1. The second kappa shape index (κ2) is 4.05. The fraction of sp³-hybridized carbons (Fsp3) is 0.611.